The van der Waals surface area contributed by atoms with Crippen molar-refractivity contribution in [1.29, 1.82) is 5.26 Å². The quantitative estimate of drug-likeness (QED) is 0.519. The van der Waals surface area contributed by atoms with Crippen molar-refractivity contribution in [3.05, 3.63) is 0 Å². The van der Waals surface area contributed by atoms with Crippen LogP contribution in [0.25, 0.3) is 0 Å². The first-order valence-corrected chi connectivity index (χ1v) is 4.59. The van der Waals surface area contributed by atoms with Crippen LogP contribution in [0.4, 0.5) is 0 Å². The molecule has 1 aliphatic rings. The Bertz CT molecular complexity index is 249. The molecule has 0 radical (unpaired) electrons. The van der Waals surface area contributed by atoms with Crippen LogP contribution in [-0.2, 0) is 9.84 Å². The van der Waals surface area contributed by atoms with Crippen LogP contribution in [0.5, 0.6) is 0 Å². The van der Waals surface area contributed by atoms with Gasteiger partial charge < -0.3 is 0 Å². The van der Waals surface area contributed by atoms with Crippen molar-refractivity contribution in [2.45, 2.75) is 11.7 Å². The van der Waals surface area contributed by atoms with E-state index in [0.29, 0.717) is 6.42 Å². The van der Waals surface area contributed by atoms with Gasteiger partial charge in [-0.1, -0.05) is 0 Å². The van der Waals surface area contributed by atoms with E-state index in [1.54, 1.807) is 0 Å². The van der Waals surface area contributed by atoms with Gasteiger partial charge in [0.05, 0.1) is 17.2 Å². The predicted molar refractivity (Wildman–Crippen MR) is 32.4 cm³/mol. The van der Waals surface area contributed by atoms with Crippen molar-refractivity contribution in [2.24, 2.45) is 5.92 Å². The van der Waals surface area contributed by atoms with Crippen LogP contribution >= 0.6 is 0 Å². The Morgan fingerprint density at radius 1 is 1.67 bits per heavy atom. The minimum atomic E-state index is -2.91. The molecular formula is C5H7NO2S. The zero-order valence-corrected chi connectivity index (χ0v) is 5.85. The fourth-order valence-electron chi connectivity index (χ4n) is 0.781. The molecule has 50 valence electrons. The Balaban J connectivity index is 2.66. The average Bonchev–Trinajstić information content (AvgIpc) is 2.39. The third-order valence-electron chi connectivity index (χ3n) is 1.45. The van der Waals surface area contributed by atoms with Gasteiger partial charge in [-0.05, 0) is 6.42 Å². The van der Waals surface area contributed by atoms with Gasteiger partial charge in [-0.15, -0.1) is 0 Å². The summed E-state index contributed by atoms with van der Waals surface area (Å²) in [6.07, 6.45) is 1.71. The highest BCUT2D eigenvalue weighted by Gasteiger charge is 2.45. The molecule has 0 bridgehead atoms. The lowest BCUT2D eigenvalue weighted by Gasteiger charge is -1.86. The van der Waals surface area contributed by atoms with Crippen molar-refractivity contribution in [2.75, 3.05) is 6.26 Å². The largest absolute Gasteiger partial charge is 0.229 e. The lowest BCUT2D eigenvalue weighted by Crippen LogP contribution is -2.04. The fourth-order valence-corrected chi connectivity index (χ4v) is 2.00. The van der Waals surface area contributed by atoms with Crippen molar-refractivity contribution in [3.8, 4) is 6.07 Å². The number of sulfone groups is 1. The average molecular weight is 145 g/mol. The van der Waals surface area contributed by atoms with Crippen molar-refractivity contribution in [3.63, 3.8) is 0 Å². The molecule has 4 heteroatoms. The van der Waals surface area contributed by atoms with Gasteiger partial charge in [0.1, 0.15) is 0 Å². The molecule has 0 heterocycles. The molecule has 0 aromatic heterocycles. The Kier molecular flexibility index (Phi) is 1.24. The summed E-state index contributed by atoms with van der Waals surface area (Å²) in [6, 6.07) is 1.92. The Morgan fingerprint density at radius 2 is 2.22 bits per heavy atom. The number of hydrogen-bond donors (Lipinski definition) is 0. The van der Waals surface area contributed by atoms with Crippen molar-refractivity contribution >= 4 is 9.84 Å². The molecule has 1 saturated carbocycles. The molecule has 0 amide bonds. The molecule has 3 nitrogen and oxygen atoms in total. The topological polar surface area (TPSA) is 57.9 Å². The highest BCUT2D eigenvalue weighted by atomic mass is 32.2. The third kappa shape index (κ3) is 1.22. The highest BCUT2D eigenvalue weighted by molar-refractivity contribution is 7.91. The lowest BCUT2D eigenvalue weighted by molar-refractivity contribution is 0.599. The smallest absolute Gasteiger partial charge is 0.151 e. The first-order chi connectivity index (χ1) is 4.05. The van der Waals surface area contributed by atoms with Gasteiger partial charge in [-0.25, -0.2) is 8.42 Å². The summed E-state index contributed by atoms with van der Waals surface area (Å²) in [7, 11) is -2.91. The lowest BCUT2D eigenvalue weighted by atomic mass is 10.5. The second-order valence-electron chi connectivity index (χ2n) is 2.34. The summed E-state index contributed by atoms with van der Waals surface area (Å²) in [4.78, 5) is 0. The molecule has 2 atom stereocenters. The second-order valence-corrected chi connectivity index (χ2v) is 4.60. The van der Waals surface area contributed by atoms with Gasteiger partial charge in [0.2, 0.25) is 0 Å². The summed E-state index contributed by atoms with van der Waals surface area (Å²) < 4.78 is 21.2. The van der Waals surface area contributed by atoms with Gasteiger partial charge in [-0.3, -0.25) is 0 Å². The monoisotopic (exact) mass is 145 g/mol. The third-order valence-corrected chi connectivity index (χ3v) is 3.07. The highest BCUT2D eigenvalue weighted by Crippen LogP contribution is 2.35. The SMILES string of the molecule is CS(=O)(=O)[C@H]1C[C@@H]1C#N. The summed E-state index contributed by atoms with van der Waals surface area (Å²) >= 11 is 0. The van der Waals surface area contributed by atoms with Crippen molar-refractivity contribution < 1.29 is 8.42 Å². The summed E-state index contributed by atoms with van der Waals surface area (Å²) in [5.41, 5.74) is 0. The first-order valence-electron chi connectivity index (χ1n) is 2.64. The Morgan fingerprint density at radius 3 is 2.33 bits per heavy atom. The molecule has 0 aromatic rings. The van der Waals surface area contributed by atoms with Crippen LogP contribution in [-0.4, -0.2) is 19.9 Å². The summed E-state index contributed by atoms with van der Waals surface area (Å²) in [6.45, 7) is 0. The molecular weight excluding hydrogens is 138 g/mol. The van der Waals surface area contributed by atoms with Crippen LogP contribution < -0.4 is 0 Å². The molecule has 0 N–H and O–H groups in total. The zero-order valence-electron chi connectivity index (χ0n) is 5.03. The maximum absolute atomic E-state index is 10.6. The zero-order chi connectivity index (χ0) is 7.07. The molecule has 1 aliphatic carbocycles. The predicted octanol–water partition coefficient (Wildman–Crippen LogP) is -0.0569. The van der Waals surface area contributed by atoms with E-state index in [0.717, 1.165) is 0 Å². The van der Waals surface area contributed by atoms with E-state index in [-0.39, 0.29) is 11.2 Å². The molecule has 0 spiro atoms. The van der Waals surface area contributed by atoms with Crippen LogP contribution in [0.1, 0.15) is 6.42 Å². The number of nitrogens with zero attached hydrogens (tertiary/aromatic N) is 1. The minimum absolute atomic E-state index is 0.222. The molecule has 9 heavy (non-hydrogen) atoms. The van der Waals surface area contributed by atoms with E-state index < -0.39 is 9.84 Å². The van der Waals surface area contributed by atoms with Crippen LogP contribution in [0, 0.1) is 17.2 Å². The molecule has 0 aromatic carbocycles. The molecule has 0 aliphatic heterocycles. The Hall–Kier alpha value is -0.560. The van der Waals surface area contributed by atoms with E-state index >= 15 is 0 Å². The standard InChI is InChI=1S/C5H7NO2S/c1-9(7,8)5-2-4(5)3-6/h4-5H,2H2,1H3/t4-,5+/m1/s1. The normalized spacial score (nSPS) is 33.3. The van der Waals surface area contributed by atoms with Gasteiger partial charge >= 0.3 is 0 Å². The Labute approximate surface area is 54.2 Å². The van der Waals surface area contributed by atoms with E-state index in [9.17, 15) is 8.42 Å². The molecule has 0 unspecified atom stereocenters. The van der Waals surface area contributed by atoms with Gasteiger partial charge in [0.15, 0.2) is 9.84 Å². The van der Waals surface area contributed by atoms with Crippen LogP contribution in [0.3, 0.4) is 0 Å². The van der Waals surface area contributed by atoms with E-state index in [1.807, 2.05) is 6.07 Å². The maximum Gasteiger partial charge on any atom is 0.151 e. The van der Waals surface area contributed by atoms with E-state index in [4.69, 9.17) is 5.26 Å². The molecule has 1 rings (SSSR count). The molecule has 0 saturated heterocycles. The first kappa shape index (κ1) is 6.56. The number of nitriles is 1. The summed E-state index contributed by atoms with van der Waals surface area (Å²) in [5.74, 6) is -0.222. The van der Waals surface area contributed by atoms with Gasteiger partial charge in [-0.2, -0.15) is 5.26 Å². The van der Waals surface area contributed by atoms with Crippen LogP contribution in [0.15, 0.2) is 0 Å². The van der Waals surface area contributed by atoms with Gasteiger partial charge in [0.25, 0.3) is 0 Å². The van der Waals surface area contributed by atoms with Gasteiger partial charge in [0, 0.05) is 6.26 Å². The fraction of sp³-hybridized carbons (Fsp3) is 0.800. The van der Waals surface area contributed by atoms with Crippen molar-refractivity contribution in [1.82, 2.24) is 0 Å². The van der Waals surface area contributed by atoms with E-state index in [2.05, 4.69) is 0 Å². The van der Waals surface area contributed by atoms with Crippen LogP contribution in [0.2, 0.25) is 0 Å². The summed E-state index contributed by atoms with van der Waals surface area (Å²) in [5, 5.41) is 7.87. The number of rotatable bonds is 1. The molecule has 1 fully saturated rings. The second kappa shape index (κ2) is 1.71. The van der Waals surface area contributed by atoms with E-state index in [1.165, 1.54) is 6.26 Å². The maximum atomic E-state index is 10.6. The minimum Gasteiger partial charge on any atom is -0.229 e. The number of hydrogen-bond acceptors (Lipinski definition) is 3.